The van der Waals surface area contributed by atoms with E-state index >= 15 is 0 Å². The van der Waals surface area contributed by atoms with Crippen LogP contribution in [0.5, 0.6) is 5.75 Å². The Balaban J connectivity index is 1.17. The number of aryl methyl sites for hydroxylation is 1. The van der Waals surface area contributed by atoms with Crippen molar-refractivity contribution in [2.75, 3.05) is 41.9 Å². The SMILES string of the molecule is COc1ccc2c(c1)NC(=O)/C2=C\c1[nH]c(C)c(C(=O)NCCNc2ccc(C(=O)Nc3ccccc3N)cn2)c1C. The number of carbonyl (C=O) groups is 3. The maximum Gasteiger partial charge on any atom is 0.257 e. The van der Waals surface area contributed by atoms with E-state index < -0.39 is 0 Å². The summed E-state index contributed by atoms with van der Waals surface area (Å²) in [6.45, 7) is 4.43. The van der Waals surface area contributed by atoms with Gasteiger partial charge in [0.1, 0.15) is 11.6 Å². The molecule has 0 fully saturated rings. The number of pyridine rings is 1. The molecule has 0 spiro atoms. The summed E-state index contributed by atoms with van der Waals surface area (Å²) in [5.74, 6) is 0.458. The minimum absolute atomic E-state index is 0.217. The molecule has 0 radical (unpaired) electrons. The number of nitrogen functional groups attached to an aromatic ring is 1. The molecule has 0 saturated carbocycles. The lowest BCUT2D eigenvalue weighted by Crippen LogP contribution is -2.29. The van der Waals surface area contributed by atoms with Crippen molar-refractivity contribution in [3.63, 3.8) is 0 Å². The van der Waals surface area contributed by atoms with Crippen LogP contribution in [0.4, 0.5) is 22.9 Å². The molecule has 11 nitrogen and oxygen atoms in total. The largest absolute Gasteiger partial charge is 0.497 e. The average Bonchev–Trinajstić information content (AvgIpc) is 3.45. The highest BCUT2D eigenvalue weighted by atomic mass is 16.5. The Morgan fingerprint density at radius 2 is 1.86 bits per heavy atom. The maximum atomic E-state index is 13.0. The maximum absolute atomic E-state index is 13.0. The number of amides is 3. The number of ether oxygens (including phenoxy) is 1. The van der Waals surface area contributed by atoms with Gasteiger partial charge in [0.15, 0.2) is 0 Å². The summed E-state index contributed by atoms with van der Waals surface area (Å²) in [5.41, 5.74) is 11.9. The summed E-state index contributed by atoms with van der Waals surface area (Å²) in [5, 5.41) is 11.7. The first-order chi connectivity index (χ1) is 20.2. The van der Waals surface area contributed by atoms with Crippen molar-refractivity contribution in [2.24, 2.45) is 0 Å². The number of para-hydroxylation sites is 2. The monoisotopic (exact) mass is 565 g/mol. The molecule has 1 aliphatic rings. The molecule has 3 amide bonds. The van der Waals surface area contributed by atoms with Crippen LogP contribution in [-0.2, 0) is 4.79 Å². The average molecular weight is 566 g/mol. The predicted octanol–water partition coefficient (Wildman–Crippen LogP) is 4.20. The Morgan fingerprint density at radius 1 is 1.05 bits per heavy atom. The molecule has 2 aromatic heterocycles. The lowest BCUT2D eigenvalue weighted by Gasteiger charge is -2.10. The van der Waals surface area contributed by atoms with Gasteiger partial charge >= 0.3 is 0 Å². The fraction of sp³-hybridized carbons (Fsp3) is 0.161. The van der Waals surface area contributed by atoms with Crippen molar-refractivity contribution in [1.82, 2.24) is 15.3 Å². The van der Waals surface area contributed by atoms with Crippen molar-refractivity contribution >= 4 is 52.3 Å². The number of nitrogens with one attached hydrogen (secondary N) is 5. The van der Waals surface area contributed by atoms with Gasteiger partial charge in [0, 0.05) is 42.3 Å². The number of nitrogens with two attached hydrogens (primary N) is 1. The van der Waals surface area contributed by atoms with Gasteiger partial charge in [-0.15, -0.1) is 0 Å². The molecule has 5 rings (SSSR count). The normalized spacial score (nSPS) is 12.9. The van der Waals surface area contributed by atoms with Gasteiger partial charge in [0.2, 0.25) is 0 Å². The van der Waals surface area contributed by atoms with Gasteiger partial charge in [-0.1, -0.05) is 12.1 Å². The van der Waals surface area contributed by atoms with Crippen LogP contribution in [0.25, 0.3) is 11.6 Å². The zero-order valence-corrected chi connectivity index (χ0v) is 23.4. The zero-order chi connectivity index (χ0) is 29.8. The summed E-state index contributed by atoms with van der Waals surface area (Å²) in [7, 11) is 1.57. The number of nitrogens with zero attached hydrogens (tertiary/aromatic N) is 1. The summed E-state index contributed by atoms with van der Waals surface area (Å²) in [6.07, 6.45) is 3.23. The van der Waals surface area contributed by atoms with Crippen LogP contribution in [-0.4, -0.2) is 47.9 Å². The van der Waals surface area contributed by atoms with E-state index in [1.807, 2.05) is 19.9 Å². The Kier molecular flexibility index (Phi) is 7.91. The molecule has 42 heavy (non-hydrogen) atoms. The molecule has 2 aromatic carbocycles. The molecule has 0 unspecified atom stereocenters. The van der Waals surface area contributed by atoms with E-state index in [9.17, 15) is 14.4 Å². The van der Waals surface area contributed by atoms with E-state index in [2.05, 4.69) is 31.2 Å². The van der Waals surface area contributed by atoms with Gasteiger partial charge in [0.25, 0.3) is 17.7 Å². The standard InChI is InChI=1S/C31H31N7O4/c1-17-25(15-22-21-10-9-20(42-3)14-26(21)38-30(22)40)36-18(2)28(17)31(41)34-13-12-33-27-11-8-19(16-35-27)29(39)37-24-7-5-4-6-23(24)32/h4-11,14-16,36H,12-13,32H2,1-3H3,(H,33,35)(H,34,41)(H,37,39)(H,38,40)/b22-15-. The molecule has 7 N–H and O–H groups in total. The summed E-state index contributed by atoms with van der Waals surface area (Å²) in [4.78, 5) is 45.7. The van der Waals surface area contributed by atoms with Crippen molar-refractivity contribution in [2.45, 2.75) is 13.8 Å². The molecule has 0 aliphatic carbocycles. The smallest absolute Gasteiger partial charge is 0.257 e. The van der Waals surface area contributed by atoms with E-state index in [0.717, 1.165) is 11.1 Å². The van der Waals surface area contributed by atoms with Gasteiger partial charge in [-0.25, -0.2) is 4.98 Å². The van der Waals surface area contributed by atoms with Crippen LogP contribution in [0.2, 0.25) is 0 Å². The Morgan fingerprint density at radius 3 is 2.60 bits per heavy atom. The number of carbonyl (C=O) groups excluding carboxylic acids is 3. The Bertz CT molecular complexity index is 1710. The van der Waals surface area contributed by atoms with Crippen LogP contribution in [0.3, 0.4) is 0 Å². The third-order valence-corrected chi connectivity index (χ3v) is 6.95. The van der Waals surface area contributed by atoms with Gasteiger partial charge in [0.05, 0.1) is 40.9 Å². The number of aromatic nitrogens is 2. The minimum Gasteiger partial charge on any atom is -0.497 e. The second kappa shape index (κ2) is 11.9. The predicted molar refractivity (Wildman–Crippen MR) is 164 cm³/mol. The number of fused-ring (bicyclic) bond motifs is 1. The fourth-order valence-corrected chi connectivity index (χ4v) is 4.74. The van der Waals surface area contributed by atoms with E-state index in [4.69, 9.17) is 10.5 Å². The summed E-state index contributed by atoms with van der Waals surface area (Å²) < 4.78 is 5.25. The molecule has 214 valence electrons. The third kappa shape index (κ3) is 5.80. The number of hydrogen-bond acceptors (Lipinski definition) is 7. The molecule has 11 heteroatoms. The number of hydrogen-bond donors (Lipinski definition) is 6. The highest BCUT2D eigenvalue weighted by molar-refractivity contribution is 6.35. The van der Waals surface area contributed by atoms with Crippen molar-refractivity contribution in [1.29, 1.82) is 0 Å². The molecular formula is C31H31N7O4. The number of methoxy groups -OCH3 is 1. The quantitative estimate of drug-likeness (QED) is 0.101. The molecule has 4 aromatic rings. The van der Waals surface area contributed by atoms with E-state index in [1.165, 1.54) is 6.20 Å². The molecule has 0 bridgehead atoms. The zero-order valence-electron chi connectivity index (χ0n) is 23.4. The first kappa shape index (κ1) is 28.0. The number of H-pyrrole nitrogens is 1. The number of benzene rings is 2. The first-order valence-corrected chi connectivity index (χ1v) is 13.3. The molecule has 3 heterocycles. The molecule has 0 saturated heterocycles. The second-order valence-electron chi connectivity index (χ2n) is 9.74. The van der Waals surface area contributed by atoms with E-state index in [-0.39, 0.29) is 17.7 Å². The molecule has 1 aliphatic heterocycles. The van der Waals surface area contributed by atoms with Crippen molar-refractivity contribution in [3.05, 3.63) is 94.4 Å². The first-order valence-electron chi connectivity index (χ1n) is 13.3. The Labute approximate surface area is 242 Å². The van der Waals surface area contributed by atoms with Crippen LogP contribution < -0.4 is 31.7 Å². The Hall–Kier alpha value is -5.58. The summed E-state index contributed by atoms with van der Waals surface area (Å²) in [6, 6.07) is 15.8. The van der Waals surface area contributed by atoms with Crippen LogP contribution in [0, 0.1) is 13.8 Å². The molecule has 0 atom stereocenters. The lowest BCUT2D eigenvalue weighted by molar-refractivity contribution is -0.110. The van der Waals surface area contributed by atoms with E-state index in [1.54, 1.807) is 61.7 Å². The molecular weight excluding hydrogens is 534 g/mol. The van der Waals surface area contributed by atoms with Crippen molar-refractivity contribution < 1.29 is 19.1 Å². The van der Waals surface area contributed by atoms with Crippen LogP contribution in [0.1, 0.15) is 43.2 Å². The van der Waals surface area contributed by atoms with Crippen LogP contribution >= 0.6 is 0 Å². The van der Waals surface area contributed by atoms with Crippen LogP contribution in [0.15, 0.2) is 60.8 Å². The number of anilines is 4. The number of rotatable bonds is 9. The topological polar surface area (TPSA) is 163 Å². The highest BCUT2D eigenvalue weighted by Gasteiger charge is 2.26. The minimum atomic E-state index is -0.315. The van der Waals surface area contributed by atoms with Gasteiger partial charge in [-0.05, 0) is 61.9 Å². The lowest BCUT2D eigenvalue weighted by atomic mass is 10.0. The second-order valence-corrected chi connectivity index (χ2v) is 9.74. The number of aromatic amines is 1. The van der Waals surface area contributed by atoms with Gasteiger partial charge in [-0.3, -0.25) is 14.4 Å². The fourth-order valence-electron chi connectivity index (χ4n) is 4.74. The van der Waals surface area contributed by atoms with E-state index in [0.29, 0.717) is 69.8 Å². The highest BCUT2D eigenvalue weighted by Crippen LogP contribution is 2.36. The van der Waals surface area contributed by atoms with Crippen molar-refractivity contribution in [3.8, 4) is 5.75 Å². The third-order valence-electron chi connectivity index (χ3n) is 6.95. The van der Waals surface area contributed by atoms with Gasteiger partial charge < -0.3 is 36.7 Å². The van der Waals surface area contributed by atoms with Gasteiger partial charge in [-0.2, -0.15) is 0 Å². The summed E-state index contributed by atoms with van der Waals surface area (Å²) >= 11 is 0.